The number of sulfone groups is 1. The monoisotopic (exact) mass is 307 g/mol. The average molecular weight is 307 g/mol. The van der Waals surface area contributed by atoms with Crippen LogP contribution in [0.15, 0.2) is 48.5 Å². The number of hydrogen-bond acceptors (Lipinski definition) is 3. The van der Waals surface area contributed by atoms with Gasteiger partial charge in [0.25, 0.3) is 0 Å². The van der Waals surface area contributed by atoms with Gasteiger partial charge in [0.15, 0.2) is 9.84 Å². The molecule has 2 rings (SSSR count). The molecule has 2 aromatic rings. The van der Waals surface area contributed by atoms with Crippen LogP contribution in [0.5, 0.6) is 0 Å². The van der Waals surface area contributed by atoms with E-state index >= 15 is 0 Å². The van der Waals surface area contributed by atoms with Crippen molar-refractivity contribution in [2.45, 2.75) is 5.75 Å². The normalized spacial score (nSPS) is 11.3. The van der Waals surface area contributed by atoms with Crippen LogP contribution in [0.4, 0.5) is 4.39 Å². The minimum Gasteiger partial charge on any atom is -0.369 e. The summed E-state index contributed by atoms with van der Waals surface area (Å²) in [6.07, 6.45) is 0. The van der Waals surface area contributed by atoms with E-state index in [1.54, 1.807) is 36.4 Å². The lowest BCUT2D eigenvalue weighted by Crippen LogP contribution is -2.24. The van der Waals surface area contributed by atoms with Crippen LogP contribution in [-0.2, 0) is 20.4 Å². The molecule has 0 fully saturated rings. The predicted octanol–water partition coefficient (Wildman–Crippen LogP) is 1.89. The molecule has 0 unspecified atom stereocenters. The highest BCUT2D eigenvalue weighted by Crippen LogP contribution is 2.25. The molecule has 6 heteroatoms. The number of benzene rings is 2. The maximum atomic E-state index is 13.0. The van der Waals surface area contributed by atoms with Gasteiger partial charge in [-0.25, -0.2) is 12.8 Å². The summed E-state index contributed by atoms with van der Waals surface area (Å²) in [5.74, 6) is -2.22. The lowest BCUT2D eigenvalue weighted by molar-refractivity contribution is -0.115. The van der Waals surface area contributed by atoms with Crippen LogP contribution in [0.25, 0.3) is 11.1 Å². The van der Waals surface area contributed by atoms with E-state index in [0.29, 0.717) is 16.7 Å². The smallest absolute Gasteiger partial charge is 0.232 e. The lowest BCUT2D eigenvalue weighted by Gasteiger charge is -2.10. The molecule has 0 saturated carbocycles. The topological polar surface area (TPSA) is 77.2 Å². The molecule has 0 heterocycles. The summed E-state index contributed by atoms with van der Waals surface area (Å²) in [6, 6.07) is 12.7. The summed E-state index contributed by atoms with van der Waals surface area (Å²) in [7, 11) is -3.62. The molecule has 0 saturated heterocycles. The number of halogens is 1. The largest absolute Gasteiger partial charge is 0.369 e. The van der Waals surface area contributed by atoms with Crippen molar-refractivity contribution in [3.05, 3.63) is 59.9 Å². The number of hydrogen-bond donors (Lipinski definition) is 1. The van der Waals surface area contributed by atoms with Crippen LogP contribution in [0.1, 0.15) is 5.56 Å². The summed E-state index contributed by atoms with van der Waals surface area (Å²) in [4.78, 5) is 10.8. The first-order chi connectivity index (χ1) is 9.87. The van der Waals surface area contributed by atoms with Gasteiger partial charge in [0.1, 0.15) is 11.6 Å². The van der Waals surface area contributed by atoms with Gasteiger partial charge >= 0.3 is 0 Å². The molecule has 1 amide bonds. The highest BCUT2D eigenvalue weighted by Gasteiger charge is 2.17. The van der Waals surface area contributed by atoms with E-state index in [4.69, 9.17) is 5.73 Å². The predicted molar refractivity (Wildman–Crippen MR) is 78.5 cm³/mol. The molecule has 0 bridgehead atoms. The highest BCUT2D eigenvalue weighted by atomic mass is 32.2. The van der Waals surface area contributed by atoms with Crippen molar-refractivity contribution in [1.82, 2.24) is 0 Å². The minimum atomic E-state index is -3.62. The van der Waals surface area contributed by atoms with Crippen molar-refractivity contribution in [2.75, 3.05) is 5.75 Å². The van der Waals surface area contributed by atoms with Crippen LogP contribution in [0, 0.1) is 5.82 Å². The van der Waals surface area contributed by atoms with Crippen molar-refractivity contribution in [3.8, 4) is 11.1 Å². The number of amides is 1. The molecular formula is C15H14FNO3S. The second-order valence-electron chi connectivity index (χ2n) is 4.66. The van der Waals surface area contributed by atoms with E-state index in [1.807, 2.05) is 0 Å². The second-order valence-corrected chi connectivity index (χ2v) is 6.73. The molecule has 0 aliphatic heterocycles. The summed E-state index contributed by atoms with van der Waals surface area (Å²) >= 11 is 0. The maximum Gasteiger partial charge on any atom is 0.232 e. The molecule has 0 aliphatic rings. The minimum absolute atomic E-state index is 0.288. The van der Waals surface area contributed by atoms with E-state index in [0.717, 1.165) is 0 Å². The maximum absolute atomic E-state index is 13.0. The van der Waals surface area contributed by atoms with Crippen molar-refractivity contribution < 1.29 is 17.6 Å². The summed E-state index contributed by atoms with van der Waals surface area (Å²) in [6.45, 7) is 0. The first-order valence-corrected chi connectivity index (χ1v) is 8.02. The third kappa shape index (κ3) is 4.13. The zero-order valence-corrected chi connectivity index (χ0v) is 11.9. The molecule has 0 atom stereocenters. The Balaban J connectivity index is 2.38. The molecule has 2 N–H and O–H groups in total. The fourth-order valence-electron chi connectivity index (χ4n) is 2.06. The molecule has 0 spiro atoms. The highest BCUT2D eigenvalue weighted by molar-refractivity contribution is 7.91. The van der Waals surface area contributed by atoms with Crippen LogP contribution >= 0.6 is 0 Å². The van der Waals surface area contributed by atoms with Gasteiger partial charge in [-0.2, -0.15) is 0 Å². The zero-order chi connectivity index (χ0) is 15.5. The quantitative estimate of drug-likeness (QED) is 0.916. The van der Waals surface area contributed by atoms with Gasteiger partial charge in [0.2, 0.25) is 5.91 Å². The van der Waals surface area contributed by atoms with Crippen molar-refractivity contribution in [1.29, 1.82) is 0 Å². The van der Waals surface area contributed by atoms with Crippen LogP contribution < -0.4 is 5.73 Å². The number of rotatable bonds is 5. The summed E-state index contributed by atoms with van der Waals surface area (Å²) in [5, 5.41) is 0. The van der Waals surface area contributed by atoms with Crippen LogP contribution in [0.2, 0.25) is 0 Å². The van der Waals surface area contributed by atoms with E-state index in [9.17, 15) is 17.6 Å². The first-order valence-electron chi connectivity index (χ1n) is 6.20. The average Bonchev–Trinajstić information content (AvgIpc) is 2.38. The Morgan fingerprint density at radius 2 is 1.67 bits per heavy atom. The van der Waals surface area contributed by atoms with Crippen molar-refractivity contribution in [3.63, 3.8) is 0 Å². The van der Waals surface area contributed by atoms with E-state index in [2.05, 4.69) is 0 Å². The lowest BCUT2D eigenvalue weighted by atomic mass is 10.0. The van der Waals surface area contributed by atoms with Gasteiger partial charge in [0, 0.05) is 0 Å². The third-order valence-corrected chi connectivity index (χ3v) is 4.39. The SMILES string of the molecule is NC(=O)CS(=O)(=O)Cc1ccccc1-c1ccc(F)cc1. The molecular weight excluding hydrogens is 293 g/mol. The Morgan fingerprint density at radius 3 is 2.29 bits per heavy atom. The zero-order valence-electron chi connectivity index (χ0n) is 11.1. The van der Waals surface area contributed by atoms with Gasteiger partial charge in [0.05, 0.1) is 5.75 Å². The fourth-order valence-corrected chi connectivity index (χ4v) is 3.32. The third-order valence-electron chi connectivity index (χ3n) is 2.91. The fraction of sp³-hybridized carbons (Fsp3) is 0.133. The van der Waals surface area contributed by atoms with Gasteiger partial charge in [-0.05, 0) is 28.8 Å². The molecule has 0 radical (unpaired) electrons. The molecule has 21 heavy (non-hydrogen) atoms. The van der Waals surface area contributed by atoms with Crippen molar-refractivity contribution in [2.24, 2.45) is 5.73 Å². The Bertz CT molecular complexity index is 755. The molecule has 0 aliphatic carbocycles. The number of nitrogens with two attached hydrogens (primary N) is 1. The Morgan fingerprint density at radius 1 is 1.05 bits per heavy atom. The molecule has 4 nitrogen and oxygen atoms in total. The molecule has 0 aromatic heterocycles. The molecule has 2 aromatic carbocycles. The number of carbonyl (C=O) groups is 1. The summed E-state index contributed by atoms with van der Waals surface area (Å²) in [5.41, 5.74) is 6.88. The van der Waals surface area contributed by atoms with Gasteiger partial charge in [-0.1, -0.05) is 36.4 Å². The number of carbonyl (C=O) groups excluding carboxylic acids is 1. The van der Waals surface area contributed by atoms with Gasteiger partial charge in [-0.15, -0.1) is 0 Å². The van der Waals surface area contributed by atoms with Crippen molar-refractivity contribution >= 4 is 15.7 Å². The van der Waals surface area contributed by atoms with E-state index in [1.165, 1.54) is 12.1 Å². The Hall–Kier alpha value is -2.21. The number of primary amides is 1. The van der Waals surface area contributed by atoms with E-state index in [-0.39, 0.29) is 11.6 Å². The first kappa shape index (κ1) is 15.2. The van der Waals surface area contributed by atoms with E-state index < -0.39 is 21.5 Å². The Kier molecular flexibility index (Phi) is 4.37. The van der Waals surface area contributed by atoms with Gasteiger partial charge in [-0.3, -0.25) is 4.79 Å². The Labute approximate surface area is 122 Å². The molecule has 110 valence electrons. The van der Waals surface area contributed by atoms with Crippen LogP contribution in [0.3, 0.4) is 0 Å². The summed E-state index contributed by atoms with van der Waals surface area (Å²) < 4.78 is 36.7. The van der Waals surface area contributed by atoms with Crippen LogP contribution in [-0.4, -0.2) is 20.1 Å². The standard InChI is InChI=1S/C15H14FNO3S/c16-13-7-5-11(6-8-13)14-4-2-1-3-12(14)9-21(19,20)10-15(17)18/h1-8H,9-10H2,(H2,17,18). The van der Waals surface area contributed by atoms with Gasteiger partial charge < -0.3 is 5.73 Å². The second kappa shape index (κ2) is 6.05.